The van der Waals surface area contributed by atoms with Gasteiger partial charge in [-0.05, 0) is 42.5 Å². The van der Waals surface area contributed by atoms with Crippen LogP contribution in [0.3, 0.4) is 0 Å². The van der Waals surface area contributed by atoms with E-state index < -0.39 is 29.3 Å². The van der Waals surface area contributed by atoms with E-state index in [0.717, 1.165) is 4.90 Å². The summed E-state index contributed by atoms with van der Waals surface area (Å²) in [6.07, 6.45) is 2.34. The lowest BCUT2D eigenvalue weighted by Gasteiger charge is -2.36. The number of carbonyl (C=O) groups is 4. The minimum absolute atomic E-state index is 0.0119. The number of fused-ring (bicyclic) bond motifs is 6. The molecule has 0 unspecified atom stereocenters. The molecule has 10 nitrogen and oxygen atoms in total. The van der Waals surface area contributed by atoms with Crippen molar-refractivity contribution in [2.45, 2.75) is 5.60 Å². The van der Waals surface area contributed by atoms with Gasteiger partial charge >= 0.3 is 5.97 Å². The van der Waals surface area contributed by atoms with Gasteiger partial charge in [0.05, 0.1) is 5.56 Å². The first-order valence-electron chi connectivity index (χ1n) is 11.3. The van der Waals surface area contributed by atoms with Crippen LogP contribution < -0.4 is 10.1 Å². The molecule has 10 heteroatoms. The molecule has 3 heterocycles. The van der Waals surface area contributed by atoms with Gasteiger partial charge in [0.15, 0.2) is 5.60 Å². The number of imide groups is 1. The van der Waals surface area contributed by atoms with Gasteiger partial charge in [-0.2, -0.15) is 0 Å². The van der Waals surface area contributed by atoms with Gasteiger partial charge in [-0.3, -0.25) is 19.3 Å². The number of benzene rings is 3. The zero-order valence-corrected chi connectivity index (χ0v) is 19.1. The summed E-state index contributed by atoms with van der Waals surface area (Å²) in [5, 5.41) is 22.8. The summed E-state index contributed by atoms with van der Waals surface area (Å²) >= 11 is 0. The molecule has 0 atom stereocenters. The quantitative estimate of drug-likeness (QED) is 0.368. The number of phenols is 2. The smallest absolute Gasteiger partial charge is 0.340 e. The van der Waals surface area contributed by atoms with E-state index in [0.29, 0.717) is 16.7 Å². The molecule has 0 bridgehead atoms. The van der Waals surface area contributed by atoms with Crippen molar-refractivity contribution in [3.63, 3.8) is 0 Å². The number of amides is 3. The molecule has 0 aromatic heterocycles. The summed E-state index contributed by atoms with van der Waals surface area (Å²) < 4.78 is 11.9. The van der Waals surface area contributed by atoms with Gasteiger partial charge in [-0.15, -0.1) is 0 Å². The van der Waals surface area contributed by atoms with Crippen molar-refractivity contribution in [1.82, 2.24) is 10.2 Å². The lowest BCUT2D eigenvalue weighted by atomic mass is 9.77. The number of hydrogen-bond donors (Lipinski definition) is 3. The van der Waals surface area contributed by atoms with Crippen LogP contribution in [0.2, 0.25) is 0 Å². The maximum absolute atomic E-state index is 13.0. The molecule has 0 aliphatic carbocycles. The van der Waals surface area contributed by atoms with Crippen molar-refractivity contribution < 1.29 is 38.9 Å². The minimum atomic E-state index is -1.49. The molecule has 3 amide bonds. The third-order valence-electron chi connectivity index (χ3n) is 6.56. The largest absolute Gasteiger partial charge is 0.508 e. The van der Waals surface area contributed by atoms with Crippen molar-refractivity contribution >= 4 is 23.7 Å². The fourth-order valence-electron chi connectivity index (χ4n) is 4.87. The number of phenolic OH excluding ortho intramolecular Hbond substituents is 2. The highest BCUT2D eigenvalue weighted by molar-refractivity contribution is 6.12. The van der Waals surface area contributed by atoms with Crippen molar-refractivity contribution in [1.29, 1.82) is 0 Å². The first kappa shape index (κ1) is 22.4. The fraction of sp³-hybridized carbons (Fsp3) is 0.111. The first-order valence-corrected chi connectivity index (χ1v) is 11.3. The van der Waals surface area contributed by atoms with Gasteiger partial charge in [-0.1, -0.05) is 0 Å². The Labute approximate surface area is 209 Å². The number of esters is 1. The maximum atomic E-state index is 13.0. The summed E-state index contributed by atoms with van der Waals surface area (Å²) in [6.45, 7) is 0.0473. The van der Waals surface area contributed by atoms with E-state index in [1.165, 1.54) is 48.6 Å². The van der Waals surface area contributed by atoms with Crippen molar-refractivity contribution in [2.24, 2.45) is 0 Å². The molecule has 3 aromatic rings. The van der Waals surface area contributed by atoms with Crippen LogP contribution in [0.4, 0.5) is 0 Å². The topological polar surface area (TPSA) is 142 Å². The second kappa shape index (κ2) is 7.95. The lowest BCUT2D eigenvalue weighted by Crippen LogP contribution is -2.38. The van der Waals surface area contributed by atoms with Crippen LogP contribution in [0.15, 0.2) is 66.7 Å². The molecular formula is C27H18N2O8. The van der Waals surface area contributed by atoms with E-state index in [1.807, 2.05) is 0 Å². The molecule has 0 radical (unpaired) electrons. The van der Waals surface area contributed by atoms with Crippen LogP contribution in [-0.2, 0) is 19.9 Å². The second-order valence-corrected chi connectivity index (χ2v) is 8.71. The monoisotopic (exact) mass is 498 g/mol. The molecule has 3 aliphatic heterocycles. The van der Waals surface area contributed by atoms with Crippen LogP contribution in [0, 0.1) is 0 Å². The SMILES string of the molecule is O=C(NCCN1C(=O)C=CC1=O)c1ccc2c(c1)C1(OC2=O)c2ccc(O)cc2Oc2cc(O)ccc21. The van der Waals surface area contributed by atoms with Crippen LogP contribution in [-0.4, -0.2) is 51.9 Å². The maximum Gasteiger partial charge on any atom is 0.340 e. The third-order valence-corrected chi connectivity index (χ3v) is 6.56. The number of nitrogens with one attached hydrogen (secondary N) is 1. The first-order chi connectivity index (χ1) is 17.8. The fourth-order valence-corrected chi connectivity index (χ4v) is 4.87. The molecule has 1 spiro atoms. The molecule has 3 aliphatic rings. The molecule has 184 valence electrons. The summed E-state index contributed by atoms with van der Waals surface area (Å²) in [5.74, 6) is -1.66. The Morgan fingerprint density at radius 3 is 2.08 bits per heavy atom. The van der Waals surface area contributed by atoms with E-state index in [-0.39, 0.29) is 47.2 Å². The Hall–Kier alpha value is -5.12. The number of ether oxygens (including phenoxy) is 2. The zero-order valence-electron chi connectivity index (χ0n) is 19.1. The van der Waals surface area contributed by atoms with E-state index in [4.69, 9.17) is 9.47 Å². The zero-order chi connectivity index (χ0) is 25.9. The third kappa shape index (κ3) is 3.33. The highest BCUT2D eigenvalue weighted by atomic mass is 16.6. The lowest BCUT2D eigenvalue weighted by molar-refractivity contribution is -0.136. The average Bonchev–Trinajstić information content (AvgIpc) is 3.34. The van der Waals surface area contributed by atoms with E-state index in [9.17, 15) is 29.4 Å². The molecule has 37 heavy (non-hydrogen) atoms. The predicted octanol–water partition coefficient (Wildman–Crippen LogP) is 2.32. The van der Waals surface area contributed by atoms with Gasteiger partial charge in [0.25, 0.3) is 17.7 Å². The molecular weight excluding hydrogens is 480 g/mol. The number of nitrogens with zero attached hydrogens (tertiary/aromatic N) is 1. The van der Waals surface area contributed by atoms with Crippen LogP contribution in [0.1, 0.15) is 37.4 Å². The van der Waals surface area contributed by atoms with Crippen molar-refractivity contribution in [3.8, 4) is 23.0 Å². The van der Waals surface area contributed by atoms with Crippen LogP contribution in [0.5, 0.6) is 23.0 Å². The van der Waals surface area contributed by atoms with Crippen LogP contribution >= 0.6 is 0 Å². The van der Waals surface area contributed by atoms with Gasteiger partial charge in [0, 0.05) is 59.6 Å². The number of aromatic hydroxyl groups is 2. The Morgan fingerprint density at radius 2 is 1.46 bits per heavy atom. The molecule has 3 aromatic carbocycles. The standard InChI is InChI=1S/C27H18N2O8/c30-15-2-5-18-21(12-15)36-22-13-16(31)3-6-19(22)27(18)20-11-14(1-4-17(20)26(35)37-27)25(34)28-9-10-29-23(32)7-8-24(29)33/h1-8,11-13,30-31H,9-10H2,(H,28,34). The second-order valence-electron chi connectivity index (χ2n) is 8.71. The Morgan fingerprint density at radius 1 is 0.838 bits per heavy atom. The van der Waals surface area contributed by atoms with Crippen molar-refractivity contribution in [2.75, 3.05) is 13.1 Å². The normalized spacial score (nSPS) is 16.2. The molecule has 0 saturated carbocycles. The Kier molecular flexibility index (Phi) is 4.80. The summed E-state index contributed by atoms with van der Waals surface area (Å²) in [4.78, 5) is 50.5. The van der Waals surface area contributed by atoms with Gasteiger partial charge in [-0.25, -0.2) is 4.79 Å². The van der Waals surface area contributed by atoms with E-state index >= 15 is 0 Å². The van der Waals surface area contributed by atoms with E-state index in [1.54, 1.807) is 18.2 Å². The van der Waals surface area contributed by atoms with Crippen molar-refractivity contribution in [3.05, 3.63) is 94.6 Å². The summed E-state index contributed by atoms with van der Waals surface area (Å²) in [6, 6.07) is 13.3. The van der Waals surface area contributed by atoms with Gasteiger partial charge in [0.2, 0.25) is 0 Å². The molecule has 0 fully saturated rings. The summed E-state index contributed by atoms with van der Waals surface area (Å²) in [7, 11) is 0. The van der Waals surface area contributed by atoms with Gasteiger partial charge < -0.3 is 25.0 Å². The predicted molar refractivity (Wildman–Crippen MR) is 126 cm³/mol. The molecule has 6 rings (SSSR count). The molecule has 3 N–H and O–H groups in total. The Balaban J connectivity index is 1.39. The average molecular weight is 498 g/mol. The highest BCUT2D eigenvalue weighted by Gasteiger charge is 2.53. The van der Waals surface area contributed by atoms with E-state index in [2.05, 4.69) is 5.32 Å². The number of hydrogen-bond acceptors (Lipinski definition) is 8. The Bertz CT molecular complexity index is 1510. The highest BCUT2D eigenvalue weighted by Crippen LogP contribution is 2.57. The number of carbonyl (C=O) groups excluding carboxylic acids is 4. The summed E-state index contributed by atoms with van der Waals surface area (Å²) in [5.41, 5.74) is 0.240. The van der Waals surface area contributed by atoms with Gasteiger partial charge in [0.1, 0.15) is 23.0 Å². The van der Waals surface area contributed by atoms with Crippen LogP contribution in [0.25, 0.3) is 0 Å². The number of rotatable bonds is 4. The minimum Gasteiger partial charge on any atom is -0.508 e. The molecule has 0 saturated heterocycles.